The summed E-state index contributed by atoms with van der Waals surface area (Å²) < 4.78 is 0. The number of hydrogen-bond donors (Lipinski definition) is 3. The molecule has 3 N–H and O–H groups in total. The number of carbonyl (C=O) groups excluding carboxylic acids is 1. The number of nitrogens with zero attached hydrogens (tertiary/aromatic N) is 2. The average Bonchev–Trinajstić information content (AvgIpc) is 2.35. The van der Waals surface area contributed by atoms with Gasteiger partial charge >= 0.3 is 6.09 Å². The molecule has 1 saturated heterocycles. The molecule has 7 heteroatoms. The van der Waals surface area contributed by atoms with Crippen molar-refractivity contribution in [3.05, 3.63) is 0 Å². The van der Waals surface area contributed by atoms with Crippen molar-refractivity contribution in [1.29, 1.82) is 0 Å². The summed E-state index contributed by atoms with van der Waals surface area (Å²) in [6.45, 7) is 2.94. The number of nitrogens with one attached hydrogen (secondary N) is 1. The van der Waals surface area contributed by atoms with E-state index in [9.17, 15) is 9.59 Å². The summed E-state index contributed by atoms with van der Waals surface area (Å²) in [7, 11) is 1.66. The fourth-order valence-electron chi connectivity index (χ4n) is 1.98. The molecule has 104 valence electrons. The summed E-state index contributed by atoms with van der Waals surface area (Å²) in [4.78, 5) is 25.9. The molecule has 1 aliphatic heterocycles. The molecule has 1 rings (SSSR count). The SMILES string of the molecule is CC1CNC(C(=O)N(C)CCCO)CN1C(=O)O. The van der Waals surface area contributed by atoms with E-state index in [4.69, 9.17) is 10.2 Å². The third-order valence-corrected chi connectivity index (χ3v) is 3.14. The standard InChI is InChI=1S/C11H21N3O4/c1-8-6-12-9(7-14(8)11(17)18)10(16)13(2)4-3-5-15/h8-9,12,15H,3-7H2,1-2H3,(H,17,18). The molecule has 0 spiro atoms. The molecule has 1 aliphatic rings. The van der Waals surface area contributed by atoms with Crippen LogP contribution in [0.4, 0.5) is 4.79 Å². The molecule has 0 bridgehead atoms. The number of carboxylic acid groups (broad SMARTS) is 1. The first-order valence-electron chi connectivity index (χ1n) is 6.06. The molecule has 1 heterocycles. The van der Waals surface area contributed by atoms with Crippen LogP contribution in [-0.2, 0) is 4.79 Å². The van der Waals surface area contributed by atoms with Crippen molar-refractivity contribution < 1.29 is 19.8 Å². The van der Waals surface area contributed by atoms with Gasteiger partial charge in [-0.1, -0.05) is 0 Å². The Morgan fingerprint density at radius 3 is 2.72 bits per heavy atom. The van der Waals surface area contributed by atoms with Crippen molar-refractivity contribution >= 4 is 12.0 Å². The predicted molar refractivity (Wildman–Crippen MR) is 65.3 cm³/mol. The highest BCUT2D eigenvalue weighted by Crippen LogP contribution is 2.09. The van der Waals surface area contributed by atoms with E-state index in [0.717, 1.165) is 0 Å². The van der Waals surface area contributed by atoms with Crippen LogP contribution >= 0.6 is 0 Å². The van der Waals surface area contributed by atoms with E-state index < -0.39 is 12.1 Å². The first-order valence-corrected chi connectivity index (χ1v) is 6.06. The van der Waals surface area contributed by atoms with Crippen LogP contribution in [0, 0.1) is 0 Å². The van der Waals surface area contributed by atoms with Gasteiger partial charge in [0.15, 0.2) is 0 Å². The van der Waals surface area contributed by atoms with Crippen LogP contribution < -0.4 is 5.32 Å². The Bertz CT molecular complexity index is 311. The van der Waals surface area contributed by atoms with Gasteiger partial charge in [-0.3, -0.25) is 4.79 Å². The summed E-state index contributed by atoms with van der Waals surface area (Å²) in [5.74, 6) is -0.137. The minimum atomic E-state index is -1.00. The van der Waals surface area contributed by atoms with Crippen molar-refractivity contribution in [2.24, 2.45) is 0 Å². The van der Waals surface area contributed by atoms with E-state index in [2.05, 4.69) is 5.32 Å². The van der Waals surface area contributed by atoms with E-state index in [1.807, 2.05) is 0 Å². The van der Waals surface area contributed by atoms with Gasteiger partial charge in [0.05, 0.1) is 0 Å². The highest BCUT2D eigenvalue weighted by molar-refractivity contribution is 5.82. The second kappa shape index (κ2) is 6.55. The third-order valence-electron chi connectivity index (χ3n) is 3.14. The largest absolute Gasteiger partial charge is 0.465 e. The van der Waals surface area contributed by atoms with Gasteiger partial charge < -0.3 is 25.3 Å². The molecule has 0 aromatic heterocycles. The molecular weight excluding hydrogens is 238 g/mol. The number of piperazine rings is 1. The lowest BCUT2D eigenvalue weighted by molar-refractivity contribution is -0.133. The Kier molecular flexibility index (Phi) is 5.36. The lowest BCUT2D eigenvalue weighted by Gasteiger charge is -2.37. The third kappa shape index (κ3) is 3.58. The van der Waals surface area contributed by atoms with Crippen LogP contribution in [0.15, 0.2) is 0 Å². The second-order valence-electron chi connectivity index (χ2n) is 4.58. The van der Waals surface area contributed by atoms with Gasteiger partial charge in [-0.25, -0.2) is 4.79 Å². The van der Waals surface area contributed by atoms with Crippen molar-refractivity contribution in [1.82, 2.24) is 15.1 Å². The van der Waals surface area contributed by atoms with Crippen molar-refractivity contribution in [2.75, 3.05) is 33.3 Å². The molecule has 0 aromatic carbocycles. The Morgan fingerprint density at radius 1 is 1.50 bits per heavy atom. The summed E-state index contributed by atoms with van der Waals surface area (Å²) in [6, 6.07) is -0.629. The summed E-state index contributed by atoms with van der Waals surface area (Å²) >= 11 is 0. The van der Waals surface area contributed by atoms with Crippen molar-refractivity contribution in [3.8, 4) is 0 Å². The molecule has 0 aromatic rings. The summed E-state index contributed by atoms with van der Waals surface area (Å²) in [5, 5.41) is 20.8. The number of aliphatic hydroxyl groups is 1. The minimum absolute atomic E-state index is 0.0357. The molecule has 2 amide bonds. The van der Waals surface area contributed by atoms with Gasteiger partial charge in [0, 0.05) is 39.3 Å². The van der Waals surface area contributed by atoms with E-state index in [1.54, 1.807) is 14.0 Å². The Labute approximate surface area is 106 Å². The predicted octanol–water partition coefficient (Wildman–Crippen LogP) is -0.832. The molecule has 18 heavy (non-hydrogen) atoms. The molecule has 0 aliphatic carbocycles. The van der Waals surface area contributed by atoms with Crippen LogP contribution in [0.3, 0.4) is 0 Å². The van der Waals surface area contributed by atoms with E-state index in [-0.39, 0.29) is 25.1 Å². The number of likely N-dealkylation sites (N-methyl/N-ethyl adjacent to an activating group) is 1. The zero-order valence-electron chi connectivity index (χ0n) is 10.8. The number of rotatable bonds is 4. The highest BCUT2D eigenvalue weighted by atomic mass is 16.4. The van der Waals surface area contributed by atoms with Crippen molar-refractivity contribution in [3.63, 3.8) is 0 Å². The Morgan fingerprint density at radius 2 is 2.17 bits per heavy atom. The lowest BCUT2D eigenvalue weighted by Crippen LogP contribution is -2.61. The quantitative estimate of drug-likeness (QED) is 0.612. The summed E-state index contributed by atoms with van der Waals surface area (Å²) in [5.41, 5.74) is 0. The Hall–Kier alpha value is -1.34. The lowest BCUT2D eigenvalue weighted by atomic mass is 10.1. The van der Waals surface area contributed by atoms with Gasteiger partial charge in [0.2, 0.25) is 5.91 Å². The van der Waals surface area contributed by atoms with Gasteiger partial charge in [0.1, 0.15) is 6.04 Å². The monoisotopic (exact) mass is 259 g/mol. The number of amides is 2. The maximum absolute atomic E-state index is 12.0. The van der Waals surface area contributed by atoms with E-state index in [0.29, 0.717) is 19.5 Å². The fraction of sp³-hybridized carbons (Fsp3) is 0.818. The zero-order chi connectivity index (χ0) is 13.7. The highest BCUT2D eigenvalue weighted by Gasteiger charge is 2.33. The van der Waals surface area contributed by atoms with Crippen LogP contribution in [0.1, 0.15) is 13.3 Å². The fourth-order valence-corrected chi connectivity index (χ4v) is 1.98. The van der Waals surface area contributed by atoms with Crippen molar-refractivity contribution in [2.45, 2.75) is 25.4 Å². The normalized spacial score (nSPS) is 23.8. The smallest absolute Gasteiger partial charge is 0.407 e. The van der Waals surface area contributed by atoms with Gasteiger partial charge in [-0.2, -0.15) is 0 Å². The van der Waals surface area contributed by atoms with Gasteiger partial charge in [0.25, 0.3) is 0 Å². The average molecular weight is 259 g/mol. The molecule has 2 unspecified atom stereocenters. The number of carbonyl (C=O) groups is 2. The van der Waals surface area contributed by atoms with E-state index in [1.165, 1.54) is 9.80 Å². The van der Waals surface area contributed by atoms with Gasteiger partial charge in [-0.05, 0) is 13.3 Å². The molecule has 0 radical (unpaired) electrons. The molecular formula is C11H21N3O4. The maximum Gasteiger partial charge on any atom is 0.407 e. The minimum Gasteiger partial charge on any atom is -0.465 e. The zero-order valence-corrected chi connectivity index (χ0v) is 10.8. The molecule has 0 saturated carbocycles. The first-order chi connectivity index (χ1) is 8.47. The van der Waals surface area contributed by atoms with Crippen LogP contribution in [-0.4, -0.2) is 77.4 Å². The Balaban J connectivity index is 2.56. The summed E-state index contributed by atoms with van der Waals surface area (Å²) in [6.07, 6.45) is -0.478. The first kappa shape index (κ1) is 14.7. The molecule has 1 fully saturated rings. The number of hydrogen-bond acceptors (Lipinski definition) is 4. The number of aliphatic hydroxyl groups excluding tert-OH is 1. The van der Waals surface area contributed by atoms with Crippen LogP contribution in [0.5, 0.6) is 0 Å². The second-order valence-corrected chi connectivity index (χ2v) is 4.58. The van der Waals surface area contributed by atoms with Crippen LogP contribution in [0.25, 0.3) is 0 Å². The van der Waals surface area contributed by atoms with Crippen LogP contribution in [0.2, 0.25) is 0 Å². The molecule has 7 nitrogen and oxygen atoms in total. The maximum atomic E-state index is 12.0. The van der Waals surface area contributed by atoms with Gasteiger partial charge in [-0.15, -0.1) is 0 Å². The molecule has 2 atom stereocenters. The topological polar surface area (TPSA) is 93.1 Å². The van der Waals surface area contributed by atoms with E-state index >= 15 is 0 Å².